The van der Waals surface area contributed by atoms with E-state index in [1.54, 1.807) is 12.1 Å². The maximum atomic E-state index is 12.8. The Kier molecular flexibility index (Phi) is 6.46. The molecule has 6 rings (SSSR count). The summed E-state index contributed by atoms with van der Waals surface area (Å²) in [6.45, 7) is 11.0. The number of nitrogens with zero attached hydrogens (tertiary/aromatic N) is 2. The van der Waals surface area contributed by atoms with Gasteiger partial charge in [0.15, 0.2) is 5.71 Å². The summed E-state index contributed by atoms with van der Waals surface area (Å²) in [6, 6.07) is 15.9. The molecule has 0 aromatic heterocycles. The Morgan fingerprint density at radius 2 is 1.71 bits per heavy atom. The van der Waals surface area contributed by atoms with Crippen molar-refractivity contribution in [1.82, 2.24) is 0 Å². The van der Waals surface area contributed by atoms with Gasteiger partial charge < -0.3 is 14.4 Å². The van der Waals surface area contributed by atoms with Crippen molar-refractivity contribution in [2.75, 3.05) is 31.1 Å². The molecule has 5 heteroatoms. The van der Waals surface area contributed by atoms with Gasteiger partial charge in [-0.1, -0.05) is 38.1 Å². The molecule has 2 aliphatic carbocycles. The summed E-state index contributed by atoms with van der Waals surface area (Å²) in [6.07, 6.45) is 10.7. The third-order valence-electron chi connectivity index (χ3n) is 8.50. The Bertz CT molecular complexity index is 1370. The van der Waals surface area contributed by atoms with Crippen molar-refractivity contribution in [2.45, 2.75) is 58.0 Å². The third-order valence-corrected chi connectivity index (χ3v) is 8.50. The first-order valence-electron chi connectivity index (χ1n) is 14.0. The molecule has 2 aromatic rings. The molecular formula is C33H37N2O3+. The van der Waals surface area contributed by atoms with Crippen LogP contribution in [-0.4, -0.2) is 48.7 Å². The molecule has 2 aromatic carbocycles. The van der Waals surface area contributed by atoms with E-state index >= 15 is 0 Å². The molecule has 0 amide bonds. The van der Waals surface area contributed by atoms with Crippen LogP contribution >= 0.6 is 0 Å². The minimum Gasteiger partial charge on any atom is -0.426 e. The molecule has 0 N–H and O–H groups in total. The molecule has 0 spiro atoms. The average Bonchev–Trinajstić information content (AvgIpc) is 3.64. The Morgan fingerprint density at radius 1 is 0.974 bits per heavy atom. The van der Waals surface area contributed by atoms with Gasteiger partial charge >= 0.3 is 6.16 Å². The number of ether oxygens (including phenoxy) is 2. The van der Waals surface area contributed by atoms with Crippen molar-refractivity contribution < 1.29 is 18.8 Å². The second-order valence-electron chi connectivity index (χ2n) is 11.3. The maximum absolute atomic E-state index is 12.8. The molecule has 38 heavy (non-hydrogen) atoms. The number of carbonyl (C=O) groups excluding carboxylic acids is 1. The van der Waals surface area contributed by atoms with Crippen LogP contribution in [0.25, 0.3) is 5.57 Å². The molecule has 2 fully saturated rings. The van der Waals surface area contributed by atoms with Crippen molar-refractivity contribution in [3.8, 4) is 5.75 Å². The smallest absolute Gasteiger partial charge is 0.426 e. The highest BCUT2D eigenvalue weighted by molar-refractivity contribution is 6.06. The van der Waals surface area contributed by atoms with E-state index in [0.29, 0.717) is 5.75 Å². The first-order chi connectivity index (χ1) is 18.4. The van der Waals surface area contributed by atoms with Gasteiger partial charge in [-0.2, -0.15) is 0 Å². The largest absolute Gasteiger partial charge is 0.514 e. The highest BCUT2D eigenvalue weighted by Crippen LogP contribution is 2.50. The number of benzene rings is 2. The average molecular weight is 510 g/mol. The van der Waals surface area contributed by atoms with Crippen molar-refractivity contribution in [1.29, 1.82) is 0 Å². The van der Waals surface area contributed by atoms with E-state index in [1.807, 2.05) is 25.1 Å². The molecular weight excluding hydrogens is 472 g/mol. The monoisotopic (exact) mass is 509 g/mol. The second kappa shape index (κ2) is 9.94. The summed E-state index contributed by atoms with van der Waals surface area (Å²) in [4.78, 5) is 15.3. The fourth-order valence-electron chi connectivity index (χ4n) is 6.45. The Hall–Kier alpha value is -3.60. The first kappa shape index (κ1) is 24.7. The lowest BCUT2D eigenvalue weighted by atomic mass is 9.64. The lowest BCUT2D eigenvalue weighted by Crippen LogP contribution is -2.33. The highest BCUT2D eigenvalue weighted by atomic mass is 16.7. The maximum Gasteiger partial charge on any atom is 0.514 e. The van der Waals surface area contributed by atoms with Crippen LogP contribution in [0.5, 0.6) is 5.75 Å². The number of hydrogen-bond acceptors (Lipinski definition) is 4. The van der Waals surface area contributed by atoms with Crippen LogP contribution in [0.4, 0.5) is 10.5 Å². The minimum atomic E-state index is -0.688. The Morgan fingerprint density at radius 3 is 2.45 bits per heavy atom. The zero-order valence-electron chi connectivity index (χ0n) is 22.7. The molecule has 5 nitrogen and oxygen atoms in total. The topological polar surface area (TPSA) is 41.8 Å². The van der Waals surface area contributed by atoms with E-state index in [-0.39, 0.29) is 5.41 Å². The molecule has 0 saturated carbocycles. The molecule has 2 heterocycles. The molecule has 4 aliphatic rings. The lowest BCUT2D eigenvalue weighted by molar-refractivity contribution is -0.504. The van der Waals surface area contributed by atoms with Crippen LogP contribution in [0.2, 0.25) is 0 Å². The van der Waals surface area contributed by atoms with Gasteiger partial charge in [0.1, 0.15) is 24.9 Å². The van der Waals surface area contributed by atoms with Gasteiger partial charge in [-0.15, -0.1) is 0 Å². The minimum absolute atomic E-state index is 0.191. The van der Waals surface area contributed by atoms with Crippen LogP contribution in [0.3, 0.4) is 0 Å². The van der Waals surface area contributed by atoms with Crippen LogP contribution in [-0.2, 0) is 10.2 Å². The summed E-state index contributed by atoms with van der Waals surface area (Å²) < 4.78 is 13.9. The van der Waals surface area contributed by atoms with E-state index in [0.717, 1.165) is 42.9 Å². The molecule has 1 atom stereocenters. The number of para-hydroxylation sites is 1. The molecule has 1 unspecified atom stereocenters. The zero-order valence-corrected chi connectivity index (χ0v) is 22.7. The second-order valence-corrected chi connectivity index (χ2v) is 11.3. The first-order valence-corrected chi connectivity index (χ1v) is 14.0. The van der Waals surface area contributed by atoms with Gasteiger partial charge in [-0.3, -0.25) is 0 Å². The summed E-state index contributed by atoms with van der Waals surface area (Å²) in [7, 11) is 0. The van der Waals surface area contributed by atoms with Gasteiger partial charge in [-0.25, -0.2) is 9.37 Å². The normalized spacial score (nSPS) is 20.7. The lowest BCUT2D eigenvalue weighted by Gasteiger charge is -2.40. The fourth-order valence-corrected chi connectivity index (χ4v) is 6.45. The summed E-state index contributed by atoms with van der Waals surface area (Å²) >= 11 is 0. The van der Waals surface area contributed by atoms with Crippen LogP contribution in [0.15, 0.2) is 77.9 Å². The van der Waals surface area contributed by atoms with Crippen molar-refractivity contribution >= 4 is 23.1 Å². The van der Waals surface area contributed by atoms with Crippen molar-refractivity contribution in [3.05, 3.63) is 89.0 Å². The Balaban J connectivity index is 1.43. The predicted molar refractivity (Wildman–Crippen MR) is 152 cm³/mol. The molecule has 2 aliphatic heterocycles. The van der Waals surface area contributed by atoms with Crippen LogP contribution in [0.1, 0.15) is 57.6 Å². The Labute approximate surface area is 225 Å². The number of fused-ring (bicyclic) bond motifs is 2. The molecule has 2 saturated heterocycles. The zero-order chi connectivity index (χ0) is 26.3. The molecule has 0 bridgehead atoms. The number of hydrogen-bond donors (Lipinski definition) is 0. The van der Waals surface area contributed by atoms with E-state index in [4.69, 9.17) is 9.47 Å². The molecule has 196 valence electrons. The van der Waals surface area contributed by atoms with Gasteiger partial charge in [0.2, 0.25) is 0 Å². The number of rotatable bonds is 4. The fraction of sp³-hybridized carbons (Fsp3) is 0.394. The standard InChI is InChI=1S/C33H37N2O3/c1-23(37-32(36)38-26-11-5-4-6-12-26)31-27-15-13-24(34-17-7-8-18-34)21-29(27)33(2,3)30-22-25(14-16-28(30)31)35-19-9-10-20-35/h4-6,11-16,21-23H,7-10,17-20H2,1-3H3/q+1. The van der Waals surface area contributed by atoms with Gasteiger partial charge in [0, 0.05) is 54.8 Å². The van der Waals surface area contributed by atoms with Gasteiger partial charge in [0.25, 0.3) is 0 Å². The van der Waals surface area contributed by atoms with E-state index in [2.05, 4.69) is 59.8 Å². The van der Waals surface area contributed by atoms with Crippen LogP contribution in [0, 0.1) is 0 Å². The van der Waals surface area contributed by atoms with Gasteiger partial charge in [0.05, 0.1) is 0 Å². The van der Waals surface area contributed by atoms with E-state index in [1.165, 1.54) is 48.2 Å². The van der Waals surface area contributed by atoms with Crippen LogP contribution < -0.4 is 9.64 Å². The number of carbonyl (C=O) groups is 1. The van der Waals surface area contributed by atoms with Crippen molar-refractivity contribution in [2.24, 2.45) is 0 Å². The predicted octanol–water partition coefficient (Wildman–Crippen LogP) is 6.68. The molecule has 0 radical (unpaired) electrons. The van der Waals surface area contributed by atoms with E-state index in [9.17, 15) is 4.79 Å². The third kappa shape index (κ3) is 4.48. The highest BCUT2D eigenvalue weighted by Gasteiger charge is 2.41. The summed E-state index contributed by atoms with van der Waals surface area (Å²) in [5, 5.41) is 0. The van der Waals surface area contributed by atoms with Crippen molar-refractivity contribution in [3.63, 3.8) is 0 Å². The summed E-state index contributed by atoms with van der Waals surface area (Å²) in [5.74, 6) is 0.478. The van der Waals surface area contributed by atoms with E-state index < -0.39 is 12.3 Å². The number of allylic oxidation sites excluding steroid dienone is 5. The quantitative estimate of drug-likeness (QED) is 0.262. The van der Waals surface area contributed by atoms with Gasteiger partial charge in [-0.05, 0) is 72.4 Å². The number of anilines is 1. The SMILES string of the molecule is CC(OC(=O)Oc1ccccc1)C1=C2C=CC(=[N+]3CCCC3)C=C2C(C)(C)c2cc(N3CCCC3)ccc21. The summed E-state index contributed by atoms with van der Waals surface area (Å²) in [5.41, 5.74) is 8.29.